The summed E-state index contributed by atoms with van der Waals surface area (Å²) in [5.74, 6) is 0. The maximum atomic E-state index is 9.81. The van der Waals surface area contributed by atoms with Gasteiger partial charge in [0.05, 0.1) is 0 Å². The molecule has 6 nitrogen and oxygen atoms in total. The Morgan fingerprint density at radius 2 is 1.55 bits per heavy atom. The molecule has 0 aliphatic rings. The Hall–Kier alpha value is 2.84. The fourth-order valence-corrected chi connectivity index (χ4v) is 1.61. The van der Waals surface area contributed by atoms with Gasteiger partial charge in [-0.05, 0) is 0 Å². The minimum absolute atomic E-state index is 0. The van der Waals surface area contributed by atoms with Crippen molar-refractivity contribution in [3.05, 3.63) is 0 Å². The molecule has 0 amide bonds. The van der Waals surface area contributed by atoms with Gasteiger partial charge in [-0.15, -0.1) is 3.63 Å². The van der Waals surface area contributed by atoms with Crippen molar-refractivity contribution >= 4 is 30.6 Å². The Kier molecular flexibility index (Phi) is 12.7. The van der Waals surface area contributed by atoms with E-state index in [0.717, 1.165) is 0 Å². The average Bonchev–Trinajstić information content (AvgIpc) is 1.14. The van der Waals surface area contributed by atoms with Crippen LogP contribution in [0.25, 0.3) is 0 Å². The van der Waals surface area contributed by atoms with Crippen LogP contribution in [0.2, 0.25) is 0 Å². The monoisotopic (exact) mass is 258 g/mol. The molecule has 11 heteroatoms. The third kappa shape index (κ3) is 19.3. The molecule has 0 spiro atoms. The second kappa shape index (κ2) is 7.17. The molecule has 0 saturated carbocycles. The van der Waals surface area contributed by atoms with Crippen LogP contribution in [0.4, 0.5) is 0 Å². The van der Waals surface area contributed by atoms with Crippen molar-refractivity contribution in [3.63, 3.8) is 0 Å². The molecule has 1 unspecified atom stereocenters. The molecule has 2 N–H and O–H groups in total. The molecule has 0 bridgehead atoms. The molecule has 0 radical (unpaired) electrons. The van der Waals surface area contributed by atoms with Gasteiger partial charge in [-0.2, -0.15) is 12.6 Å². The van der Waals surface area contributed by atoms with Gasteiger partial charge in [0.1, 0.15) is 0 Å². The van der Waals surface area contributed by atoms with E-state index < -0.39 is 19.5 Å². The molecule has 60 valence electrons. The van der Waals surface area contributed by atoms with E-state index in [4.69, 9.17) is 9.11 Å². The van der Waals surface area contributed by atoms with Crippen LogP contribution in [0.15, 0.2) is 0 Å². The molecule has 0 aliphatic carbocycles. The van der Waals surface area contributed by atoms with Gasteiger partial charge in [0.25, 0.3) is 9.05 Å². The molecule has 0 rings (SSSR count). The molecule has 0 saturated heterocycles. The van der Waals surface area contributed by atoms with E-state index in [1.807, 2.05) is 0 Å². The van der Waals surface area contributed by atoms with Crippen molar-refractivity contribution in [2.45, 2.75) is 0 Å². The fourth-order valence-electron chi connectivity index (χ4n) is 0.109. The number of rotatable bonds is 2. The largest absolute Gasteiger partial charge is 1.00 e. The van der Waals surface area contributed by atoms with Crippen LogP contribution in [-0.2, 0) is 34.3 Å². The Bertz CT molecular complexity index is 251. The van der Waals surface area contributed by atoms with E-state index in [1.165, 1.54) is 0 Å². The summed E-state index contributed by atoms with van der Waals surface area (Å²) in [4.78, 5) is 0. The first-order chi connectivity index (χ1) is 3.71. The Balaban J connectivity index is -0.0000000533. The van der Waals surface area contributed by atoms with Crippen molar-refractivity contribution in [1.82, 2.24) is 0 Å². The Labute approximate surface area is 137 Å². The normalized spacial score (nSPS) is 15.5. The molecule has 0 aromatic rings. The first kappa shape index (κ1) is 19.4. The first-order valence-electron chi connectivity index (χ1n) is 1.37. The predicted octanol–water partition coefficient (Wildman–Crippen LogP) is -6.83. The Morgan fingerprint density at radius 1 is 1.27 bits per heavy atom. The van der Waals surface area contributed by atoms with Crippen LogP contribution in [0.1, 0.15) is 2.85 Å². The fraction of sp³-hybridized carbons (Fsp3) is 0. The van der Waals surface area contributed by atoms with Crippen LogP contribution in [0.3, 0.4) is 0 Å². The molecule has 0 aromatic carbocycles. The third-order valence-corrected chi connectivity index (χ3v) is 2.05. The summed E-state index contributed by atoms with van der Waals surface area (Å²) < 4.78 is 47.6. The van der Waals surface area contributed by atoms with E-state index in [2.05, 4.69) is 14.8 Å². The van der Waals surface area contributed by atoms with Gasteiger partial charge in [0, 0.05) is 11.2 Å². The van der Waals surface area contributed by atoms with Crippen LogP contribution in [0, 0.1) is 0 Å². The molecule has 1 atom stereocenters. The molecule has 0 aromatic heterocycles. The Morgan fingerprint density at radius 3 is 1.55 bits per heavy atom. The zero-order chi connectivity index (χ0) is 7.71. The summed E-state index contributed by atoms with van der Waals surface area (Å²) >= 11 is 3.55. The summed E-state index contributed by atoms with van der Waals surface area (Å²) in [5, 5.41) is 0. The van der Waals surface area contributed by atoms with Crippen molar-refractivity contribution in [3.8, 4) is 0 Å². The van der Waals surface area contributed by atoms with Crippen LogP contribution in [0.5, 0.6) is 0 Å². The van der Waals surface area contributed by atoms with E-state index >= 15 is 0 Å². The SMILES string of the molecule is O=S(=O)(O)OS(=O)(O)=S.[H-].[H-].[K+].[Na+]. The second-order valence-electron chi connectivity index (χ2n) is 0.924. The van der Waals surface area contributed by atoms with Crippen molar-refractivity contribution in [2.75, 3.05) is 0 Å². The van der Waals surface area contributed by atoms with E-state index in [0.29, 0.717) is 0 Å². The average molecular weight is 258 g/mol. The number of hydrogen-bond acceptors (Lipinski definition) is 5. The minimum Gasteiger partial charge on any atom is -1.00 e. The van der Waals surface area contributed by atoms with Crippen LogP contribution < -0.4 is 80.9 Å². The molecule has 0 aliphatic heterocycles. The summed E-state index contributed by atoms with van der Waals surface area (Å²) in [5.41, 5.74) is 0. The van der Waals surface area contributed by atoms with Crippen LogP contribution >= 0.6 is 0 Å². The van der Waals surface area contributed by atoms with Crippen molar-refractivity contribution in [2.24, 2.45) is 0 Å². The molecular formula is H4KNaO6S3. The summed E-state index contributed by atoms with van der Waals surface area (Å²) in [6.45, 7) is 0. The smallest absolute Gasteiger partial charge is 1.00 e. The number of hydrogen-bond donors (Lipinski definition) is 2. The molecule has 11 heavy (non-hydrogen) atoms. The zero-order valence-corrected chi connectivity index (χ0v) is 13.3. The maximum absolute atomic E-state index is 9.81. The van der Waals surface area contributed by atoms with E-state index in [9.17, 15) is 12.6 Å². The van der Waals surface area contributed by atoms with E-state index in [1.54, 1.807) is 0 Å². The van der Waals surface area contributed by atoms with Gasteiger partial charge in [0.15, 0.2) is 0 Å². The second-order valence-corrected chi connectivity index (χ2v) is 4.44. The summed E-state index contributed by atoms with van der Waals surface area (Å²) in [6.07, 6.45) is 0. The molecule has 0 heterocycles. The first-order valence-corrected chi connectivity index (χ1v) is 5.10. The van der Waals surface area contributed by atoms with Gasteiger partial charge in [0.2, 0.25) is 0 Å². The van der Waals surface area contributed by atoms with Crippen LogP contribution in [-0.4, -0.2) is 21.7 Å². The summed E-state index contributed by atoms with van der Waals surface area (Å²) in [7, 11) is -9.20. The molecule has 0 fully saturated rings. The van der Waals surface area contributed by atoms with Gasteiger partial charge >= 0.3 is 91.3 Å². The van der Waals surface area contributed by atoms with Gasteiger partial charge in [-0.25, -0.2) is 0 Å². The quantitative estimate of drug-likeness (QED) is 0.375. The minimum atomic E-state index is -4.91. The topological polar surface area (TPSA) is 101 Å². The predicted molar refractivity (Wildman–Crippen MR) is 33.0 cm³/mol. The standard InChI is InChI=1S/K.Na.H2O6S3.2H/c;;1-8(2,3)6-9(4,5)7;;/h;;(H,1,2,3)(H,4,5,7);;/q2*+1;;2*-1. The van der Waals surface area contributed by atoms with Gasteiger partial charge in [-0.1, -0.05) is 0 Å². The van der Waals surface area contributed by atoms with E-state index in [-0.39, 0.29) is 83.8 Å². The summed E-state index contributed by atoms with van der Waals surface area (Å²) in [6, 6.07) is 0. The van der Waals surface area contributed by atoms with Crippen molar-refractivity contribution < 1.29 is 109 Å². The maximum Gasteiger partial charge on any atom is 1.00 e. The van der Waals surface area contributed by atoms with Gasteiger partial charge in [-0.3, -0.25) is 9.11 Å². The van der Waals surface area contributed by atoms with Crippen molar-refractivity contribution in [1.29, 1.82) is 0 Å². The zero-order valence-electron chi connectivity index (χ0n) is 7.75. The molecular weight excluding hydrogens is 254 g/mol. The van der Waals surface area contributed by atoms with Gasteiger partial charge < -0.3 is 2.85 Å². The third-order valence-electron chi connectivity index (χ3n) is 0.172.